The Morgan fingerprint density at radius 3 is 2.44 bits per heavy atom. The van der Waals surface area contributed by atoms with Crippen molar-refractivity contribution in [3.63, 3.8) is 0 Å². The van der Waals surface area contributed by atoms with Gasteiger partial charge in [-0.15, -0.1) is 0 Å². The maximum absolute atomic E-state index is 11.3. The predicted molar refractivity (Wildman–Crippen MR) is 65.1 cm³/mol. The van der Waals surface area contributed by atoms with E-state index in [0.29, 0.717) is 18.8 Å². The molecule has 0 saturated heterocycles. The molecule has 0 bridgehead atoms. The minimum atomic E-state index is 0.0895. The number of aliphatic hydroxyl groups is 1. The van der Waals surface area contributed by atoms with E-state index in [0.717, 1.165) is 12.5 Å². The van der Waals surface area contributed by atoms with Gasteiger partial charge in [0.25, 0.3) is 0 Å². The Morgan fingerprint density at radius 1 is 1.25 bits per heavy atom. The molecule has 1 saturated carbocycles. The van der Waals surface area contributed by atoms with Gasteiger partial charge in [0.1, 0.15) is 0 Å². The number of nitrogens with one attached hydrogen (secondary N) is 1. The van der Waals surface area contributed by atoms with Gasteiger partial charge in [0.2, 0.25) is 5.91 Å². The Bertz CT molecular complexity index is 198. The van der Waals surface area contributed by atoms with Gasteiger partial charge < -0.3 is 10.4 Å². The highest BCUT2D eigenvalue weighted by Gasteiger charge is 2.19. The summed E-state index contributed by atoms with van der Waals surface area (Å²) in [6.45, 7) is 3.21. The number of carbonyl (C=O) groups excluding carboxylic acids is 1. The Labute approximate surface area is 98.6 Å². The molecule has 1 amide bonds. The fourth-order valence-corrected chi connectivity index (χ4v) is 2.43. The molecule has 0 spiro atoms. The smallest absolute Gasteiger partial charge is 0.220 e. The van der Waals surface area contributed by atoms with Crippen LogP contribution in [0.15, 0.2) is 0 Å². The van der Waals surface area contributed by atoms with Gasteiger partial charge in [0.15, 0.2) is 0 Å². The molecule has 94 valence electrons. The molecule has 0 aromatic heterocycles. The first-order valence-electron chi connectivity index (χ1n) is 6.63. The first kappa shape index (κ1) is 13.5. The first-order valence-corrected chi connectivity index (χ1v) is 6.63. The lowest BCUT2D eigenvalue weighted by molar-refractivity contribution is -0.121. The molecule has 2 N–H and O–H groups in total. The lowest BCUT2D eigenvalue weighted by atomic mass is 9.81. The quantitative estimate of drug-likeness (QED) is 0.730. The van der Waals surface area contributed by atoms with Gasteiger partial charge >= 0.3 is 0 Å². The molecule has 3 nitrogen and oxygen atoms in total. The van der Waals surface area contributed by atoms with E-state index >= 15 is 0 Å². The number of aliphatic hydroxyl groups excluding tert-OH is 1. The van der Waals surface area contributed by atoms with E-state index in [1.54, 1.807) is 0 Å². The van der Waals surface area contributed by atoms with Gasteiger partial charge in [-0.2, -0.15) is 0 Å². The summed E-state index contributed by atoms with van der Waals surface area (Å²) in [5.41, 5.74) is 0. The molecule has 1 aliphatic rings. The molecule has 0 aromatic carbocycles. The van der Waals surface area contributed by atoms with Crippen LogP contribution in [0.4, 0.5) is 0 Å². The summed E-state index contributed by atoms with van der Waals surface area (Å²) in [5.74, 6) is 1.69. The van der Waals surface area contributed by atoms with Crippen molar-refractivity contribution in [2.75, 3.05) is 13.2 Å². The minimum Gasteiger partial charge on any atom is -0.396 e. The van der Waals surface area contributed by atoms with Crippen molar-refractivity contribution in [1.82, 2.24) is 5.32 Å². The number of carbonyl (C=O) groups is 1. The summed E-state index contributed by atoms with van der Waals surface area (Å²) in [4.78, 5) is 11.3. The number of hydrogen-bond donors (Lipinski definition) is 2. The third-order valence-electron chi connectivity index (χ3n) is 3.69. The van der Waals surface area contributed by atoms with E-state index in [1.807, 2.05) is 0 Å². The summed E-state index contributed by atoms with van der Waals surface area (Å²) >= 11 is 0. The van der Waals surface area contributed by atoms with Gasteiger partial charge in [0, 0.05) is 19.6 Å². The van der Waals surface area contributed by atoms with E-state index in [2.05, 4.69) is 12.2 Å². The maximum Gasteiger partial charge on any atom is 0.220 e. The molecule has 0 aliphatic heterocycles. The van der Waals surface area contributed by atoms with Crippen LogP contribution in [0.1, 0.15) is 51.9 Å². The van der Waals surface area contributed by atoms with Crippen molar-refractivity contribution in [3.8, 4) is 0 Å². The Morgan fingerprint density at radius 2 is 1.88 bits per heavy atom. The summed E-state index contributed by atoms with van der Waals surface area (Å²) in [7, 11) is 0. The normalized spacial score (nSPS) is 25.4. The highest BCUT2D eigenvalue weighted by atomic mass is 16.3. The Kier molecular flexibility index (Phi) is 6.46. The van der Waals surface area contributed by atoms with Crippen molar-refractivity contribution in [2.24, 2.45) is 11.8 Å². The van der Waals surface area contributed by atoms with Crippen molar-refractivity contribution in [3.05, 3.63) is 0 Å². The molecule has 1 rings (SSSR count). The fourth-order valence-electron chi connectivity index (χ4n) is 2.43. The number of hydrogen-bond acceptors (Lipinski definition) is 2. The Balaban J connectivity index is 2.07. The van der Waals surface area contributed by atoms with Crippen LogP contribution in [0, 0.1) is 11.8 Å². The monoisotopic (exact) mass is 227 g/mol. The molecule has 0 heterocycles. The summed E-state index contributed by atoms with van der Waals surface area (Å²) in [5, 5.41) is 11.6. The molecule has 3 heteroatoms. The lowest BCUT2D eigenvalue weighted by Crippen LogP contribution is -2.31. The van der Waals surface area contributed by atoms with Crippen LogP contribution < -0.4 is 5.32 Å². The molecule has 0 aromatic rings. The number of amides is 1. The summed E-state index contributed by atoms with van der Waals surface area (Å²) in [6.07, 6.45) is 7.52. The van der Waals surface area contributed by atoms with Crippen molar-refractivity contribution in [2.45, 2.75) is 51.9 Å². The second kappa shape index (κ2) is 7.66. The molecular formula is C13H25NO2. The molecular weight excluding hydrogens is 202 g/mol. The summed E-state index contributed by atoms with van der Waals surface area (Å²) < 4.78 is 0. The fraction of sp³-hybridized carbons (Fsp3) is 0.923. The van der Waals surface area contributed by atoms with E-state index in [-0.39, 0.29) is 12.5 Å². The van der Waals surface area contributed by atoms with Crippen molar-refractivity contribution >= 4 is 5.91 Å². The van der Waals surface area contributed by atoms with Crippen LogP contribution in [0.25, 0.3) is 0 Å². The highest BCUT2D eigenvalue weighted by Crippen LogP contribution is 2.29. The first-order chi connectivity index (χ1) is 7.76. The average Bonchev–Trinajstić information content (AvgIpc) is 2.34. The van der Waals surface area contributed by atoms with Crippen LogP contribution in [0.2, 0.25) is 0 Å². The highest BCUT2D eigenvalue weighted by molar-refractivity contribution is 5.75. The molecule has 1 aliphatic carbocycles. The molecule has 0 radical (unpaired) electrons. The minimum absolute atomic E-state index is 0.0895. The summed E-state index contributed by atoms with van der Waals surface area (Å²) in [6, 6.07) is 0. The largest absolute Gasteiger partial charge is 0.396 e. The molecule has 0 atom stereocenters. The van der Waals surface area contributed by atoms with Gasteiger partial charge in [-0.3, -0.25) is 4.79 Å². The molecule has 0 unspecified atom stereocenters. The number of rotatable bonds is 6. The zero-order valence-corrected chi connectivity index (χ0v) is 10.4. The van der Waals surface area contributed by atoms with Crippen LogP contribution in [-0.2, 0) is 4.79 Å². The maximum atomic E-state index is 11.3. The second-order valence-electron chi connectivity index (χ2n) is 4.93. The van der Waals surface area contributed by atoms with E-state index in [9.17, 15) is 4.79 Å². The van der Waals surface area contributed by atoms with E-state index in [1.165, 1.54) is 32.1 Å². The Hall–Kier alpha value is -0.570. The van der Waals surface area contributed by atoms with Crippen molar-refractivity contribution in [1.29, 1.82) is 0 Å². The van der Waals surface area contributed by atoms with Crippen LogP contribution in [0.3, 0.4) is 0 Å². The van der Waals surface area contributed by atoms with Crippen molar-refractivity contribution < 1.29 is 9.90 Å². The zero-order valence-electron chi connectivity index (χ0n) is 10.4. The van der Waals surface area contributed by atoms with E-state index in [4.69, 9.17) is 5.11 Å². The van der Waals surface area contributed by atoms with Gasteiger partial charge in [0.05, 0.1) is 0 Å². The SMILES string of the molecule is CCC1CCC(CNC(=O)CCCO)CC1. The standard InChI is InChI=1S/C13H25NO2/c1-2-11-5-7-12(8-6-11)10-14-13(16)4-3-9-15/h11-12,15H,2-10H2,1H3,(H,14,16). The molecule has 1 fully saturated rings. The van der Waals surface area contributed by atoms with Gasteiger partial charge in [-0.05, 0) is 31.1 Å². The van der Waals surface area contributed by atoms with Crippen LogP contribution in [0.5, 0.6) is 0 Å². The van der Waals surface area contributed by atoms with Crippen LogP contribution >= 0.6 is 0 Å². The third-order valence-corrected chi connectivity index (χ3v) is 3.69. The lowest BCUT2D eigenvalue weighted by Gasteiger charge is -2.27. The van der Waals surface area contributed by atoms with E-state index < -0.39 is 0 Å². The topological polar surface area (TPSA) is 49.3 Å². The third kappa shape index (κ3) is 4.97. The van der Waals surface area contributed by atoms with Gasteiger partial charge in [-0.25, -0.2) is 0 Å². The molecule has 16 heavy (non-hydrogen) atoms. The second-order valence-corrected chi connectivity index (χ2v) is 4.93. The average molecular weight is 227 g/mol. The van der Waals surface area contributed by atoms with Gasteiger partial charge in [-0.1, -0.05) is 26.2 Å². The zero-order chi connectivity index (χ0) is 11.8. The van der Waals surface area contributed by atoms with Crippen LogP contribution in [-0.4, -0.2) is 24.2 Å². The predicted octanol–water partition coefficient (Wildman–Crippen LogP) is 2.09.